The summed E-state index contributed by atoms with van der Waals surface area (Å²) in [6, 6.07) is 5.83. The molecule has 0 aliphatic carbocycles. The van der Waals surface area contributed by atoms with Gasteiger partial charge >= 0.3 is 5.97 Å². The number of aliphatic carboxylic acids is 1. The van der Waals surface area contributed by atoms with Gasteiger partial charge in [-0.3, -0.25) is 9.59 Å². The number of fused-ring (bicyclic) bond motifs is 1. The highest BCUT2D eigenvalue weighted by Crippen LogP contribution is 2.35. The van der Waals surface area contributed by atoms with Gasteiger partial charge in [-0.1, -0.05) is 6.92 Å². The lowest BCUT2D eigenvalue weighted by atomic mass is 9.87. The van der Waals surface area contributed by atoms with Gasteiger partial charge in [0.1, 0.15) is 5.75 Å². The van der Waals surface area contributed by atoms with Crippen LogP contribution in [0.3, 0.4) is 0 Å². The zero-order valence-corrected chi connectivity index (χ0v) is 14.9. The van der Waals surface area contributed by atoms with Crippen LogP contribution in [0.1, 0.15) is 28.6 Å². The van der Waals surface area contributed by atoms with Crippen LogP contribution in [0.15, 0.2) is 18.2 Å². The second-order valence-electron chi connectivity index (χ2n) is 6.38. The molecule has 1 aliphatic rings. The summed E-state index contributed by atoms with van der Waals surface area (Å²) >= 11 is 1.49. The number of carboxylic acids is 1. The van der Waals surface area contributed by atoms with E-state index in [9.17, 15) is 14.7 Å². The lowest BCUT2D eigenvalue weighted by molar-refractivity contribution is -0.145. The first kappa shape index (κ1) is 16.8. The van der Waals surface area contributed by atoms with E-state index in [1.807, 2.05) is 32.0 Å². The van der Waals surface area contributed by atoms with Crippen LogP contribution in [0.5, 0.6) is 5.75 Å². The number of ether oxygens (including phenoxy) is 1. The van der Waals surface area contributed by atoms with Gasteiger partial charge in [0.25, 0.3) is 5.91 Å². The van der Waals surface area contributed by atoms with Gasteiger partial charge in [-0.15, -0.1) is 11.3 Å². The number of thiophene rings is 1. The molecule has 1 N–H and O–H groups in total. The number of carbonyl (C=O) groups is 2. The highest BCUT2D eigenvalue weighted by molar-refractivity contribution is 7.21. The number of nitrogens with zero attached hydrogens (tertiary/aromatic N) is 1. The molecule has 0 spiro atoms. The Morgan fingerprint density at radius 3 is 2.75 bits per heavy atom. The molecule has 128 valence electrons. The second kappa shape index (κ2) is 6.43. The molecule has 5 nitrogen and oxygen atoms in total. The van der Waals surface area contributed by atoms with Crippen molar-refractivity contribution in [2.75, 3.05) is 20.2 Å². The molecule has 1 saturated heterocycles. The molecule has 1 aromatic heterocycles. The Morgan fingerprint density at radius 1 is 1.38 bits per heavy atom. The van der Waals surface area contributed by atoms with Crippen molar-refractivity contribution in [3.8, 4) is 5.75 Å². The van der Waals surface area contributed by atoms with Gasteiger partial charge in [0.2, 0.25) is 0 Å². The Hall–Kier alpha value is -2.08. The summed E-state index contributed by atoms with van der Waals surface area (Å²) in [7, 11) is 1.63. The predicted octanol–water partition coefficient (Wildman–Crippen LogP) is 3.40. The zero-order valence-electron chi connectivity index (χ0n) is 14.0. The zero-order chi connectivity index (χ0) is 17.4. The number of aryl methyl sites for hydroxylation is 1. The van der Waals surface area contributed by atoms with E-state index in [0.29, 0.717) is 19.5 Å². The van der Waals surface area contributed by atoms with E-state index in [0.717, 1.165) is 26.3 Å². The number of likely N-dealkylation sites (tertiary alicyclic amines) is 1. The Balaban J connectivity index is 1.87. The summed E-state index contributed by atoms with van der Waals surface area (Å²) in [5.41, 5.74) is 0.965. The van der Waals surface area contributed by atoms with Crippen LogP contribution in [0.25, 0.3) is 10.1 Å². The molecule has 24 heavy (non-hydrogen) atoms. The van der Waals surface area contributed by atoms with Crippen LogP contribution < -0.4 is 4.74 Å². The summed E-state index contributed by atoms with van der Waals surface area (Å²) in [6.45, 7) is 4.85. The maximum Gasteiger partial charge on any atom is 0.306 e. The van der Waals surface area contributed by atoms with Crippen molar-refractivity contribution in [3.63, 3.8) is 0 Å². The van der Waals surface area contributed by atoms with E-state index >= 15 is 0 Å². The number of methoxy groups -OCH3 is 1. The first-order chi connectivity index (χ1) is 11.4. The lowest BCUT2D eigenvalue weighted by Gasteiger charge is -2.34. The summed E-state index contributed by atoms with van der Waals surface area (Å²) in [5.74, 6) is -0.377. The lowest BCUT2D eigenvalue weighted by Crippen LogP contribution is -2.44. The Morgan fingerprint density at radius 2 is 2.12 bits per heavy atom. The molecule has 2 aromatic rings. The third-order valence-electron chi connectivity index (χ3n) is 4.85. The number of amides is 1. The van der Waals surface area contributed by atoms with E-state index < -0.39 is 5.97 Å². The Kier molecular flexibility index (Phi) is 4.49. The van der Waals surface area contributed by atoms with Gasteiger partial charge in [0.15, 0.2) is 0 Å². The molecular formula is C18H21NO4S. The molecule has 1 amide bonds. The van der Waals surface area contributed by atoms with Gasteiger partial charge in [-0.05, 0) is 48.4 Å². The Bertz CT molecular complexity index is 798. The molecule has 3 rings (SSSR count). The van der Waals surface area contributed by atoms with Gasteiger partial charge < -0.3 is 14.7 Å². The number of hydrogen-bond acceptors (Lipinski definition) is 4. The van der Waals surface area contributed by atoms with Crippen molar-refractivity contribution in [3.05, 3.63) is 28.6 Å². The number of benzene rings is 1. The largest absolute Gasteiger partial charge is 0.497 e. The van der Waals surface area contributed by atoms with Crippen LogP contribution in [-0.4, -0.2) is 42.1 Å². The van der Waals surface area contributed by atoms with Gasteiger partial charge in [-0.2, -0.15) is 0 Å². The molecule has 1 aromatic carbocycles. The highest BCUT2D eigenvalue weighted by Gasteiger charge is 2.34. The number of piperidine rings is 1. The van der Waals surface area contributed by atoms with E-state index in [2.05, 4.69) is 0 Å². The van der Waals surface area contributed by atoms with Crippen LogP contribution in [0.2, 0.25) is 0 Å². The number of carboxylic acid groups (broad SMARTS) is 1. The summed E-state index contributed by atoms with van der Waals surface area (Å²) in [6.07, 6.45) is 0.514. The monoisotopic (exact) mass is 347 g/mol. The molecule has 0 radical (unpaired) electrons. The maximum absolute atomic E-state index is 12.9. The number of rotatable bonds is 3. The number of carbonyl (C=O) groups excluding carboxylic acids is 1. The van der Waals surface area contributed by atoms with E-state index in [1.165, 1.54) is 11.3 Å². The quantitative estimate of drug-likeness (QED) is 0.924. The normalized spacial score (nSPS) is 21.0. The average molecular weight is 347 g/mol. The fourth-order valence-electron chi connectivity index (χ4n) is 3.37. The highest BCUT2D eigenvalue weighted by atomic mass is 32.1. The summed E-state index contributed by atoms with van der Waals surface area (Å²) < 4.78 is 6.33. The van der Waals surface area contributed by atoms with Crippen molar-refractivity contribution in [2.45, 2.75) is 20.3 Å². The van der Waals surface area contributed by atoms with Crippen LogP contribution in [0, 0.1) is 18.8 Å². The molecule has 6 heteroatoms. The van der Waals surface area contributed by atoms with Gasteiger partial charge in [-0.25, -0.2) is 0 Å². The van der Waals surface area contributed by atoms with Crippen molar-refractivity contribution >= 4 is 33.3 Å². The molecule has 2 atom stereocenters. The second-order valence-corrected chi connectivity index (χ2v) is 7.43. The first-order valence-electron chi connectivity index (χ1n) is 8.01. The van der Waals surface area contributed by atoms with Crippen molar-refractivity contribution in [2.24, 2.45) is 11.8 Å². The third-order valence-corrected chi connectivity index (χ3v) is 6.11. The fourth-order valence-corrected chi connectivity index (χ4v) is 4.53. The number of hydrogen-bond donors (Lipinski definition) is 1. The van der Waals surface area contributed by atoms with Crippen LogP contribution in [0.4, 0.5) is 0 Å². The van der Waals surface area contributed by atoms with E-state index in [-0.39, 0.29) is 17.7 Å². The van der Waals surface area contributed by atoms with Gasteiger partial charge in [0.05, 0.1) is 17.9 Å². The Labute approximate surface area is 144 Å². The molecule has 1 fully saturated rings. The molecular weight excluding hydrogens is 326 g/mol. The summed E-state index contributed by atoms with van der Waals surface area (Å²) in [5, 5.41) is 10.3. The van der Waals surface area contributed by atoms with E-state index in [1.54, 1.807) is 12.0 Å². The molecule has 0 bridgehead atoms. The SMILES string of the molecule is COc1ccc2sc(C(=O)N3CCC(C(=O)O)C(C)C3)c(C)c2c1. The smallest absolute Gasteiger partial charge is 0.306 e. The third kappa shape index (κ3) is 2.86. The van der Waals surface area contributed by atoms with E-state index in [4.69, 9.17) is 4.74 Å². The summed E-state index contributed by atoms with van der Waals surface area (Å²) in [4.78, 5) is 26.7. The van der Waals surface area contributed by atoms with Crippen molar-refractivity contribution in [1.82, 2.24) is 4.90 Å². The molecule has 2 unspecified atom stereocenters. The molecule has 2 heterocycles. The van der Waals surface area contributed by atoms with Gasteiger partial charge in [0, 0.05) is 17.8 Å². The van der Waals surface area contributed by atoms with Crippen LogP contribution in [-0.2, 0) is 4.79 Å². The standard InChI is InChI=1S/C18H21NO4S/c1-10-9-19(7-6-13(10)18(21)22)17(20)16-11(2)14-8-12(23-3)4-5-15(14)24-16/h4-5,8,10,13H,6-7,9H2,1-3H3,(H,21,22). The average Bonchev–Trinajstić information content (AvgIpc) is 2.90. The minimum Gasteiger partial charge on any atom is -0.497 e. The fraction of sp³-hybridized carbons (Fsp3) is 0.444. The molecule has 1 aliphatic heterocycles. The van der Waals surface area contributed by atoms with Crippen molar-refractivity contribution < 1.29 is 19.4 Å². The topological polar surface area (TPSA) is 66.8 Å². The van der Waals surface area contributed by atoms with Crippen LogP contribution >= 0.6 is 11.3 Å². The minimum atomic E-state index is -0.764. The first-order valence-corrected chi connectivity index (χ1v) is 8.83. The minimum absolute atomic E-state index is 0.00311. The molecule has 0 saturated carbocycles. The maximum atomic E-state index is 12.9. The predicted molar refractivity (Wildman–Crippen MR) is 93.9 cm³/mol. The van der Waals surface area contributed by atoms with Crippen molar-refractivity contribution in [1.29, 1.82) is 0 Å².